The molecule has 0 saturated carbocycles. The highest BCUT2D eigenvalue weighted by molar-refractivity contribution is 7.98. The van der Waals surface area contributed by atoms with E-state index < -0.39 is 0 Å². The van der Waals surface area contributed by atoms with E-state index in [1.54, 1.807) is 17.8 Å². The Bertz CT molecular complexity index is 830. The third-order valence-corrected chi connectivity index (χ3v) is 6.30. The molecule has 1 saturated heterocycles. The first-order chi connectivity index (χ1) is 12.7. The quantitative estimate of drug-likeness (QED) is 0.812. The van der Waals surface area contributed by atoms with Crippen LogP contribution in [0.2, 0.25) is 0 Å². The van der Waals surface area contributed by atoms with Gasteiger partial charge in [-0.2, -0.15) is 11.8 Å². The lowest BCUT2D eigenvalue weighted by molar-refractivity contribution is -0.137. The molecule has 0 aliphatic carbocycles. The van der Waals surface area contributed by atoms with E-state index in [1.807, 2.05) is 50.7 Å². The zero-order valence-electron chi connectivity index (χ0n) is 15.1. The van der Waals surface area contributed by atoms with E-state index in [-0.39, 0.29) is 23.4 Å². The highest BCUT2D eigenvalue weighted by Crippen LogP contribution is 2.36. The second-order valence-corrected chi connectivity index (χ2v) is 8.35. The summed E-state index contributed by atoms with van der Waals surface area (Å²) in [5.74, 6) is 1.83. The molecule has 3 atom stereocenters. The molecule has 2 aromatic rings. The summed E-state index contributed by atoms with van der Waals surface area (Å²) in [6.07, 6.45) is 7.98. The second-order valence-electron chi connectivity index (χ2n) is 7.37. The maximum atomic E-state index is 13.3. The monoisotopic (exact) mass is 371 g/mol. The first kappa shape index (κ1) is 17.5. The van der Waals surface area contributed by atoms with E-state index in [9.17, 15) is 9.59 Å². The van der Waals surface area contributed by atoms with Crippen LogP contribution in [0, 0.1) is 5.92 Å². The molecule has 2 unspecified atom stereocenters. The zero-order valence-corrected chi connectivity index (χ0v) is 15.9. The molecule has 5 nitrogen and oxygen atoms in total. The molecule has 1 fully saturated rings. The Hall–Kier alpha value is -1.95. The van der Waals surface area contributed by atoms with Crippen molar-refractivity contribution in [3.05, 3.63) is 58.8 Å². The standard InChI is InChI=1S/C20H25N3O2S/c1-26-10-7-18(21-8-2-3-9-21)20(25)22-12-15-11-16(14-22)17-5-4-6-19(24)23(17)13-15/h2-6,8-9,15-16,18H,7,10-14H2,1H3/t15?,16?,18-/m1/s1. The molecule has 2 bridgehead atoms. The van der Waals surface area contributed by atoms with Gasteiger partial charge in [0.15, 0.2) is 0 Å². The van der Waals surface area contributed by atoms with E-state index in [0.717, 1.165) is 43.9 Å². The predicted molar refractivity (Wildman–Crippen MR) is 105 cm³/mol. The number of carbonyl (C=O) groups is 1. The van der Waals surface area contributed by atoms with Gasteiger partial charge in [-0.05, 0) is 49.0 Å². The molecule has 4 heterocycles. The molecule has 2 aliphatic rings. The molecule has 2 aromatic heterocycles. The summed E-state index contributed by atoms with van der Waals surface area (Å²) in [5, 5.41) is 0. The van der Waals surface area contributed by atoms with Gasteiger partial charge in [-0.25, -0.2) is 0 Å². The minimum Gasteiger partial charge on any atom is -0.342 e. The average molecular weight is 372 g/mol. The number of amides is 1. The number of nitrogens with zero attached hydrogens (tertiary/aromatic N) is 3. The fourth-order valence-electron chi connectivity index (χ4n) is 4.47. The predicted octanol–water partition coefficient (Wildman–Crippen LogP) is 2.59. The molecule has 0 aromatic carbocycles. The molecule has 1 amide bonds. The first-order valence-electron chi connectivity index (χ1n) is 9.27. The number of pyridine rings is 1. The maximum absolute atomic E-state index is 13.3. The van der Waals surface area contributed by atoms with Crippen molar-refractivity contribution in [2.75, 3.05) is 25.1 Å². The summed E-state index contributed by atoms with van der Waals surface area (Å²) in [7, 11) is 0. The van der Waals surface area contributed by atoms with Gasteiger partial charge in [0.25, 0.3) is 5.56 Å². The van der Waals surface area contributed by atoms with Gasteiger partial charge in [-0.15, -0.1) is 0 Å². The summed E-state index contributed by atoms with van der Waals surface area (Å²) < 4.78 is 3.96. The molecule has 0 N–H and O–H groups in total. The van der Waals surface area contributed by atoms with E-state index in [4.69, 9.17) is 0 Å². The third-order valence-electron chi connectivity index (χ3n) is 5.66. The maximum Gasteiger partial charge on any atom is 0.250 e. The molecular formula is C20H25N3O2S. The SMILES string of the molecule is CSCC[C@H](C(=O)N1CC2CC(C1)c1cccc(=O)n1C2)n1cccc1. The van der Waals surface area contributed by atoms with Crippen molar-refractivity contribution in [3.8, 4) is 0 Å². The number of thioether (sulfide) groups is 1. The van der Waals surface area contributed by atoms with Crippen LogP contribution in [0.4, 0.5) is 0 Å². The van der Waals surface area contributed by atoms with Crippen molar-refractivity contribution < 1.29 is 4.79 Å². The van der Waals surface area contributed by atoms with E-state index in [0.29, 0.717) is 5.92 Å². The second kappa shape index (κ2) is 7.35. The van der Waals surface area contributed by atoms with Crippen LogP contribution in [0.25, 0.3) is 0 Å². The highest BCUT2D eigenvalue weighted by Gasteiger charge is 2.38. The van der Waals surface area contributed by atoms with Crippen LogP contribution in [0.1, 0.15) is 30.5 Å². The minimum atomic E-state index is -0.130. The van der Waals surface area contributed by atoms with Crippen molar-refractivity contribution in [2.45, 2.75) is 31.3 Å². The number of rotatable bonds is 5. The molecule has 0 radical (unpaired) electrons. The zero-order chi connectivity index (χ0) is 18.1. The van der Waals surface area contributed by atoms with Crippen molar-refractivity contribution in [1.82, 2.24) is 14.0 Å². The Morgan fingerprint density at radius 3 is 2.77 bits per heavy atom. The largest absolute Gasteiger partial charge is 0.342 e. The lowest BCUT2D eigenvalue weighted by Crippen LogP contribution is -2.50. The Kier molecular flexibility index (Phi) is 4.94. The van der Waals surface area contributed by atoms with Gasteiger partial charge in [0.05, 0.1) is 0 Å². The topological polar surface area (TPSA) is 47.2 Å². The average Bonchev–Trinajstić information content (AvgIpc) is 3.17. The molecule has 2 aliphatic heterocycles. The molecule has 6 heteroatoms. The summed E-state index contributed by atoms with van der Waals surface area (Å²) in [6.45, 7) is 2.21. The van der Waals surface area contributed by atoms with Gasteiger partial charge in [-0.3, -0.25) is 9.59 Å². The van der Waals surface area contributed by atoms with Crippen molar-refractivity contribution in [2.24, 2.45) is 5.92 Å². The Labute approximate surface area is 158 Å². The van der Waals surface area contributed by atoms with Crippen LogP contribution >= 0.6 is 11.8 Å². The van der Waals surface area contributed by atoms with Gasteiger partial charge in [0.1, 0.15) is 6.04 Å². The lowest BCUT2D eigenvalue weighted by Gasteiger charge is -2.43. The molecular weight excluding hydrogens is 346 g/mol. The molecule has 4 rings (SSSR count). The Morgan fingerprint density at radius 1 is 1.19 bits per heavy atom. The summed E-state index contributed by atoms with van der Waals surface area (Å²) in [5.41, 5.74) is 1.18. The Morgan fingerprint density at radius 2 is 2.00 bits per heavy atom. The first-order valence-corrected chi connectivity index (χ1v) is 10.7. The number of likely N-dealkylation sites (tertiary alicyclic amines) is 1. The van der Waals surface area contributed by atoms with Crippen LogP contribution in [-0.4, -0.2) is 45.0 Å². The molecule has 138 valence electrons. The normalized spacial score (nSPS) is 22.7. The molecule has 0 spiro atoms. The fraction of sp³-hybridized carbons (Fsp3) is 0.500. The fourth-order valence-corrected chi connectivity index (χ4v) is 4.93. The van der Waals surface area contributed by atoms with Gasteiger partial charge >= 0.3 is 0 Å². The minimum absolute atomic E-state index is 0.0853. The number of piperidine rings is 1. The van der Waals surface area contributed by atoms with Crippen LogP contribution in [0.5, 0.6) is 0 Å². The van der Waals surface area contributed by atoms with Crippen LogP contribution in [-0.2, 0) is 11.3 Å². The smallest absolute Gasteiger partial charge is 0.250 e. The van der Waals surface area contributed by atoms with E-state index >= 15 is 0 Å². The highest BCUT2D eigenvalue weighted by atomic mass is 32.2. The van der Waals surface area contributed by atoms with Crippen molar-refractivity contribution in [1.29, 1.82) is 0 Å². The van der Waals surface area contributed by atoms with Crippen LogP contribution in [0.15, 0.2) is 47.5 Å². The number of carbonyl (C=O) groups excluding carboxylic acids is 1. The number of aromatic nitrogens is 2. The van der Waals surface area contributed by atoms with Crippen LogP contribution in [0.3, 0.4) is 0 Å². The third kappa shape index (κ3) is 3.22. The summed E-state index contributed by atoms with van der Waals surface area (Å²) in [6, 6.07) is 9.36. The van der Waals surface area contributed by atoms with Crippen molar-refractivity contribution >= 4 is 17.7 Å². The Balaban J connectivity index is 1.57. The van der Waals surface area contributed by atoms with Gasteiger partial charge in [0.2, 0.25) is 5.91 Å². The van der Waals surface area contributed by atoms with E-state index in [1.165, 1.54) is 0 Å². The van der Waals surface area contributed by atoms with Crippen molar-refractivity contribution in [3.63, 3.8) is 0 Å². The summed E-state index contributed by atoms with van der Waals surface area (Å²) >= 11 is 1.78. The van der Waals surface area contributed by atoms with Gasteiger partial charge < -0.3 is 14.0 Å². The number of hydrogen-bond donors (Lipinski definition) is 0. The number of hydrogen-bond acceptors (Lipinski definition) is 3. The van der Waals surface area contributed by atoms with Gasteiger partial charge in [-0.1, -0.05) is 6.07 Å². The number of fused-ring (bicyclic) bond motifs is 4. The lowest BCUT2D eigenvalue weighted by atomic mass is 9.83. The van der Waals surface area contributed by atoms with E-state index in [2.05, 4.69) is 6.26 Å². The van der Waals surface area contributed by atoms with Crippen LogP contribution < -0.4 is 5.56 Å². The summed E-state index contributed by atoms with van der Waals surface area (Å²) in [4.78, 5) is 27.6. The molecule has 26 heavy (non-hydrogen) atoms. The van der Waals surface area contributed by atoms with Gasteiger partial charge in [0, 0.05) is 49.7 Å².